The minimum Gasteiger partial charge on any atom is -0.480 e. The van der Waals surface area contributed by atoms with E-state index in [9.17, 15) is 4.79 Å². The molecule has 0 aromatic carbocycles. The van der Waals surface area contributed by atoms with Gasteiger partial charge in [-0.2, -0.15) is 11.8 Å². The zero-order chi connectivity index (χ0) is 9.56. The fourth-order valence-corrected chi connectivity index (χ4v) is 1.63. The molecule has 0 aliphatic heterocycles. The van der Waals surface area contributed by atoms with Crippen LogP contribution in [-0.4, -0.2) is 38.9 Å². The summed E-state index contributed by atoms with van der Waals surface area (Å²) in [7, 11) is 0. The second-order valence-electron chi connectivity index (χ2n) is 2.04. The van der Waals surface area contributed by atoms with Gasteiger partial charge in [0.05, 0.1) is 0 Å². The first kappa shape index (κ1) is 12.0. The lowest BCUT2D eigenvalue weighted by atomic mass is 10.4. The Morgan fingerprint density at radius 3 is 2.75 bits per heavy atom. The zero-order valence-corrected chi connectivity index (χ0v) is 8.68. The molecule has 0 heterocycles. The summed E-state index contributed by atoms with van der Waals surface area (Å²) < 4.78 is 0. The minimum absolute atomic E-state index is 0.360. The third-order valence-corrected chi connectivity index (χ3v) is 2.98. The number of carboxylic acids is 1. The topological polar surface area (TPSA) is 63.3 Å². The van der Waals surface area contributed by atoms with Gasteiger partial charge in [0.25, 0.3) is 0 Å². The third-order valence-electron chi connectivity index (χ3n) is 0.990. The van der Waals surface area contributed by atoms with Gasteiger partial charge in [-0.05, 0) is 0 Å². The molecular weight excluding hydrogens is 214 g/mol. The molecule has 0 aliphatic carbocycles. The second kappa shape index (κ2) is 6.47. The predicted octanol–water partition coefficient (Wildman–Crippen LogP) is 0.501. The molecule has 0 saturated heterocycles. The van der Waals surface area contributed by atoms with Crippen LogP contribution >= 0.6 is 36.2 Å². The van der Waals surface area contributed by atoms with Crippen molar-refractivity contribution in [3.05, 3.63) is 0 Å². The average molecular weight is 223 g/mol. The van der Waals surface area contributed by atoms with Crippen LogP contribution < -0.4 is 5.73 Å². The molecule has 0 spiro atoms. The Morgan fingerprint density at radius 2 is 2.33 bits per heavy atom. The molecule has 0 fully saturated rings. The number of aliphatic carboxylic acids is 1. The van der Waals surface area contributed by atoms with Crippen LogP contribution in [0.15, 0.2) is 0 Å². The van der Waals surface area contributed by atoms with Gasteiger partial charge >= 0.3 is 5.97 Å². The van der Waals surface area contributed by atoms with Crippen LogP contribution in [0.25, 0.3) is 0 Å². The van der Waals surface area contributed by atoms with Crippen molar-refractivity contribution < 1.29 is 9.90 Å². The van der Waals surface area contributed by atoms with Gasteiger partial charge in [0.2, 0.25) is 0 Å². The van der Waals surface area contributed by atoms with E-state index in [0.29, 0.717) is 16.4 Å². The first-order valence-electron chi connectivity index (χ1n) is 3.12. The molecule has 12 heavy (non-hydrogen) atoms. The summed E-state index contributed by atoms with van der Waals surface area (Å²) in [5.41, 5.74) is 5.24. The maximum Gasteiger partial charge on any atom is 0.321 e. The van der Waals surface area contributed by atoms with Gasteiger partial charge in [-0.3, -0.25) is 4.79 Å². The van der Waals surface area contributed by atoms with E-state index in [-0.39, 0.29) is 0 Å². The highest BCUT2D eigenvalue weighted by atomic mass is 32.2. The largest absolute Gasteiger partial charge is 0.480 e. The zero-order valence-electron chi connectivity index (χ0n) is 6.23. The Labute approximate surface area is 85.7 Å². The van der Waals surface area contributed by atoms with E-state index in [0.717, 1.165) is 0 Å². The van der Waals surface area contributed by atoms with Gasteiger partial charge in [-0.25, -0.2) is 0 Å². The molecular formula is C6H9NO2S3. The highest BCUT2D eigenvalue weighted by molar-refractivity contribution is 8.01. The van der Waals surface area contributed by atoms with Crippen molar-refractivity contribution in [2.45, 2.75) is 6.04 Å². The highest BCUT2D eigenvalue weighted by Crippen LogP contribution is 2.02. The van der Waals surface area contributed by atoms with Crippen LogP contribution in [0.1, 0.15) is 0 Å². The predicted molar refractivity (Wildman–Crippen MR) is 59.2 cm³/mol. The SMILES string of the molecule is N[C@@H](CSCC(=S)C=S)C(=O)O. The van der Waals surface area contributed by atoms with Crippen molar-refractivity contribution in [1.29, 1.82) is 0 Å². The lowest BCUT2D eigenvalue weighted by molar-refractivity contribution is -0.137. The van der Waals surface area contributed by atoms with E-state index in [4.69, 9.17) is 23.1 Å². The average Bonchev–Trinajstić information content (AvgIpc) is 2.03. The van der Waals surface area contributed by atoms with Gasteiger partial charge in [0.15, 0.2) is 0 Å². The highest BCUT2D eigenvalue weighted by Gasteiger charge is 2.10. The van der Waals surface area contributed by atoms with E-state index in [1.807, 2.05) is 0 Å². The van der Waals surface area contributed by atoms with Crippen LogP contribution in [-0.2, 0) is 4.79 Å². The molecule has 0 rings (SSSR count). The van der Waals surface area contributed by atoms with E-state index < -0.39 is 12.0 Å². The van der Waals surface area contributed by atoms with Crippen molar-refractivity contribution in [1.82, 2.24) is 0 Å². The number of carbonyl (C=O) groups is 1. The van der Waals surface area contributed by atoms with Crippen LogP contribution in [0, 0.1) is 0 Å². The van der Waals surface area contributed by atoms with Gasteiger partial charge in [0.1, 0.15) is 6.04 Å². The summed E-state index contributed by atoms with van der Waals surface area (Å²) in [5.74, 6) is -0.0610. The Kier molecular flexibility index (Phi) is 6.45. The molecule has 0 radical (unpaired) electrons. The first-order valence-corrected chi connectivity index (χ1v) is 5.15. The summed E-state index contributed by atoms with van der Waals surface area (Å²) in [6, 6.07) is -0.817. The standard InChI is InChI=1S/C6H9NO2S3/c7-5(6(8)9)3-12-2-4(11)1-10/h1,5H,2-3,7H2,(H,8,9)/t5-/m0/s1. The molecule has 0 aromatic rings. The fourth-order valence-electron chi connectivity index (χ4n) is 0.392. The summed E-state index contributed by atoms with van der Waals surface area (Å²) in [6.45, 7) is 0. The summed E-state index contributed by atoms with van der Waals surface area (Å²) >= 11 is 10.8. The Bertz CT molecular complexity index is 195. The number of rotatable bonds is 6. The maximum absolute atomic E-state index is 10.2. The molecule has 68 valence electrons. The fraction of sp³-hybridized carbons (Fsp3) is 0.500. The number of thioether (sulfide) groups is 1. The van der Waals surface area contributed by atoms with Crippen LogP contribution in [0.4, 0.5) is 0 Å². The third kappa shape index (κ3) is 5.59. The minimum atomic E-state index is -0.990. The smallest absolute Gasteiger partial charge is 0.321 e. The summed E-state index contributed by atoms with van der Waals surface area (Å²) in [4.78, 5) is 10.9. The van der Waals surface area contributed by atoms with Crippen LogP contribution in [0.3, 0.4) is 0 Å². The molecule has 6 heteroatoms. The number of carboxylic acid groups (broad SMARTS) is 1. The normalized spacial score (nSPS) is 12.1. The van der Waals surface area contributed by atoms with E-state index in [1.165, 1.54) is 17.1 Å². The lowest BCUT2D eigenvalue weighted by Crippen LogP contribution is -2.32. The van der Waals surface area contributed by atoms with E-state index >= 15 is 0 Å². The molecule has 3 nitrogen and oxygen atoms in total. The molecule has 0 saturated carbocycles. The molecule has 0 amide bonds. The van der Waals surface area contributed by atoms with Crippen LogP contribution in [0.5, 0.6) is 0 Å². The number of hydrogen-bond acceptors (Lipinski definition) is 5. The summed E-state index contributed by atoms with van der Waals surface area (Å²) in [6.07, 6.45) is 0. The maximum atomic E-state index is 10.2. The molecule has 0 bridgehead atoms. The van der Waals surface area contributed by atoms with Crippen molar-refractivity contribution >= 4 is 52.4 Å². The van der Waals surface area contributed by atoms with Crippen molar-refractivity contribution in [3.63, 3.8) is 0 Å². The quantitative estimate of drug-likeness (QED) is 0.639. The number of thiocarbonyl (C=S) groups is 2. The molecule has 0 aliphatic rings. The van der Waals surface area contributed by atoms with Gasteiger partial charge < -0.3 is 10.8 Å². The molecule has 1 atom stereocenters. The van der Waals surface area contributed by atoms with E-state index in [2.05, 4.69) is 12.2 Å². The first-order chi connectivity index (χ1) is 5.57. The number of nitrogens with two attached hydrogens (primary N) is 1. The second-order valence-corrected chi connectivity index (χ2v) is 3.83. The molecule has 0 unspecified atom stereocenters. The molecule has 0 aromatic heterocycles. The Morgan fingerprint density at radius 1 is 1.75 bits per heavy atom. The van der Waals surface area contributed by atoms with Gasteiger partial charge in [-0.15, -0.1) is 0 Å². The summed E-state index contributed by atoms with van der Waals surface area (Å²) in [5, 5.41) is 9.82. The van der Waals surface area contributed by atoms with Crippen LogP contribution in [0.2, 0.25) is 0 Å². The van der Waals surface area contributed by atoms with Gasteiger partial charge in [0, 0.05) is 21.7 Å². The Balaban J connectivity index is 3.49. The van der Waals surface area contributed by atoms with Crippen molar-refractivity contribution in [2.75, 3.05) is 11.5 Å². The lowest BCUT2D eigenvalue weighted by Gasteiger charge is -2.04. The molecule has 3 N–H and O–H groups in total. The Hall–Kier alpha value is -0.0400. The monoisotopic (exact) mass is 223 g/mol. The van der Waals surface area contributed by atoms with Crippen molar-refractivity contribution in [3.8, 4) is 0 Å². The number of hydrogen-bond donors (Lipinski definition) is 2. The van der Waals surface area contributed by atoms with E-state index in [1.54, 1.807) is 0 Å². The van der Waals surface area contributed by atoms with Crippen molar-refractivity contribution in [2.24, 2.45) is 5.73 Å². The van der Waals surface area contributed by atoms with Gasteiger partial charge in [-0.1, -0.05) is 24.4 Å².